The zero-order valence-corrected chi connectivity index (χ0v) is 29.7. The van der Waals surface area contributed by atoms with E-state index in [2.05, 4.69) is 15.4 Å². The highest BCUT2D eigenvalue weighted by Gasteiger charge is 2.67. The molecule has 0 spiro atoms. The lowest BCUT2D eigenvalue weighted by Gasteiger charge is -2.35. The SMILES string of the molecule is COC[C@@H]1CN(S(=O)(=O)C23CC2c2cc(OC)ccc2-c2c(C4CCCCC4)c4ccc(C(=O)NS(=O)(=O)C(C)C)cc4n2C3)CCO1. The lowest BCUT2D eigenvalue weighted by molar-refractivity contribution is -0.0409. The number of amides is 1. The maximum atomic E-state index is 14.9. The molecule has 13 heteroatoms. The summed E-state index contributed by atoms with van der Waals surface area (Å²) in [6.45, 7) is 4.33. The van der Waals surface area contributed by atoms with Crippen molar-refractivity contribution in [2.75, 3.05) is 40.5 Å². The number of morpholine rings is 1. The molecule has 3 heterocycles. The van der Waals surface area contributed by atoms with Crippen LogP contribution < -0.4 is 9.46 Å². The fraction of sp³-hybridized carbons (Fsp3) is 0.571. The summed E-state index contributed by atoms with van der Waals surface area (Å²) in [6.07, 6.45) is 5.55. The molecule has 4 aliphatic rings. The number of ether oxygens (including phenoxy) is 3. The number of nitrogens with zero attached hydrogens (tertiary/aromatic N) is 2. The summed E-state index contributed by atoms with van der Waals surface area (Å²) in [6, 6.07) is 11.3. The van der Waals surface area contributed by atoms with Crippen LogP contribution in [0.3, 0.4) is 0 Å². The van der Waals surface area contributed by atoms with Crippen molar-refractivity contribution in [1.82, 2.24) is 13.6 Å². The monoisotopic (exact) mass is 699 g/mol. The molecular weight excluding hydrogens is 655 g/mol. The second kappa shape index (κ2) is 12.4. The molecule has 1 aromatic heterocycles. The molecule has 1 amide bonds. The van der Waals surface area contributed by atoms with Crippen molar-refractivity contribution >= 4 is 36.9 Å². The number of nitrogens with one attached hydrogen (secondary N) is 1. The van der Waals surface area contributed by atoms with Gasteiger partial charge in [-0.2, -0.15) is 4.31 Å². The number of carbonyl (C=O) groups excluding carboxylic acids is 1. The van der Waals surface area contributed by atoms with Gasteiger partial charge in [0.1, 0.15) is 10.5 Å². The van der Waals surface area contributed by atoms with Gasteiger partial charge < -0.3 is 18.8 Å². The minimum Gasteiger partial charge on any atom is -0.497 e. The molecule has 48 heavy (non-hydrogen) atoms. The Labute approximate surface area is 283 Å². The molecular formula is C35H45N3O8S2. The predicted molar refractivity (Wildman–Crippen MR) is 183 cm³/mol. The van der Waals surface area contributed by atoms with E-state index in [1.54, 1.807) is 30.7 Å². The predicted octanol–water partition coefficient (Wildman–Crippen LogP) is 4.75. The molecule has 2 aromatic carbocycles. The topological polar surface area (TPSA) is 133 Å². The molecule has 260 valence electrons. The Morgan fingerprint density at radius 1 is 1.06 bits per heavy atom. The summed E-state index contributed by atoms with van der Waals surface area (Å²) in [5.41, 5.74) is 5.06. The van der Waals surface area contributed by atoms with Crippen LogP contribution in [-0.4, -0.2) is 88.2 Å². The summed E-state index contributed by atoms with van der Waals surface area (Å²) in [7, 11) is -4.51. The van der Waals surface area contributed by atoms with Gasteiger partial charge in [-0.3, -0.25) is 4.79 Å². The van der Waals surface area contributed by atoms with Gasteiger partial charge in [0, 0.05) is 54.7 Å². The minimum absolute atomic E-state index is 0.206. The Kier molecular flexibility index (Phi) is 8.67. The lowest BCUT2D eigenvalue weighted by atomic mass is 9.81. The van der Waals surface area contributed by atoms with Crippen molar-refractivity contribution in [3.8, 4) is 17.0 Å². The van der Waals surface area contributed by atoms with E-state index in [4.69, 9.17) is 14.2 Å². The fourth-order valence-electron chi connectivity index (χ4n) is 8.20. The number of benzene rings is 2. The Bertz CT molecular complexity index is 1960. The third kappa shape index (κ3) is 5.46. The third-order valence-electron chi connectivity index (χ3n) is 10.9. The normalized spacial score (nSPS) is 24.9. The summed E-state index contributed by atoms with van der Waals surface area (Å²) in [4.78, 5) is 13.4. The van der Waals surface area contributed by atoms with Gasteiger partial charge in [0.15, 0.2) is 0 Å². The average molecular weight is 700 g/mol. The van der Waals surface area contributed by atoms with Crippen molar-refractivity contribution in [3.05, 3.63) is 53.1 Å². The number of methoxy groups -OCH3 is 2. The molecule has 11 nitrogen and oxygen atoms in total. The molecule has 0 radical (unpaired) electrons. The first-order valence-corrected chi connectivity index (χ1v) is 19.9. The first-order valence-electron chi connectivity index (χ1n) is 16.9. The van der Waals surface area contributed by atoms with Gasteiger partial charge in [0.25, 0.3) is 5.91 Å². The van der Waals surface area contributed by atoms with E-state index in [1.807, 2.05) is 18.2 Å². The van der Waals surface area contributed by atoms with E-state index in [1.165, 1.54) is 25.8 Å². The number of hydrogen-bond donors (Lipinski definition) is 1. The maximum absolute atomic E-state index is 14.9. The van der Waals surface area contributed by atoms with Crippen LogP contribution in [0, 0.1) is 0 Å². The van der Waals surface area contributed by atoms with Gasteiger partial charge in [-0.15, -0.1) is 0 Å². The zero-order chi connectivity index (χ0) is 34.0. The molecule has 2 saturated carbocycles. The Morgan fingerprint density at radius 3 is 2.54 bits per heavy atom. The largest absolute Gasteiger partial charge is 0.497 e. The summed E-state index contributed by atoms with van der Waals surface area (Å²) in [5, 5.41) is 0.196. The number of fused-ring (bicyclic) bond motifs is 7. The highest BCUT2D eigenvalue weighted by atomic mass is 32.2. The molecule has 1 saturated heterocycles. The second-order valence-corrected chi connectivity index (χ2v) is 18.5. The number of rotatable bonds is 9. The van der Waals surface area contributed by atoms with Gasteiger partial charge in [-0.1, -0.05) is 25.3 Å². The van der Waals surface area contributed by atoms with Crippen molar-refractivity contribution < 1.29 is 35.8 Å². The molecule has 2 aliphatic carbocycles. The first-order chi connectivity index (χ1) is 22.9. The van der Waals surface area contributed by atoms with Gasteiger partial charge in [-0.25, -0.2) is 21.6 Å². The van der Waals surface area contributed by atoms with Crippen LogP contribution >= 0.6 is 0 Å². The lowest BCUT2D eigenvalue weighted by Crippen LogP contribution is -2.51. The van der Waals surface area contributed by atoms with Crippen molar-refractivity contribution in [3.63, 3.8) is 0 Å². The van der Waals surface area contributed by atoms with E-state index in [-0.39, 0.29) is 43.1 Å². The Morgan fingerprint density at radius 2 is 1.83 bits per heavy atom. The van der Waals surface area contributed by atoms with E-state index >= 15 is 0 Å². The third-order valence-corrected chi connectivity index (χ3v) is 15.2. The van der Waals surface area contributed by atoms with E-state index < -0.39 is 36.0 Å². The van der Waals surface area contributed by atoms with Gasteiger partial charge in [-0.05, 0) is 80.5 Å². The summed E-state index contributed by atoms with van der Waals surface area (Å²) < 4.78 is 76.6. The minimum atomic E-state index is -3.86. The maximum Gasteiger partial charge on any atom is 0.264 e. The van der Waals surface area contributed by atoms with Gasteiger partial charge >= 0.3 is 0 Å². The molecule has 2 aliphatic heterocycles. The number of aromatic nitrogens is 1. The van der Waals surface area contributed by atoms with Gasteiger partial charge in [0.2, 0.25) is 20.0 Å². The summed E-state index contributed by atoms with van der Waals surface area (Å²) in [5.74, 6) is -0.0200. The molecule has 0 bridgehead atoms. The highest BCUT2D eigenvalue weighted by molar-refractivity contribution is 7.91. The van der Waals surface area contributed by atoms with Crippen LogP contribution in [0.2, 0.25) is 0 Å². The molecule has 3 fully saturated rings. The molecule has 3 aromatic rings. The quantitative estimate of drug-likeness (QED) is 0.339. The highest BCUT2D eigenvalue weighted by Crippen LogP contribution is 2.64. The van der Waals surface area contributed by atoms with Crippen LogP contribution in [-0.2, 0) is 36.1 Å². The molecule has 1 N–H and O–H groups in total. The number of carbonyl (C=O) groups is 1. The van der Waals surface area contributed by atoms with Crippen LogP contribution in [0.25, 0.3) is 22.2 Å². The fourth-order valence-corrected chi connectivity index (χ4v) is 11.2. The Balaban J connectivity index is 1.44. The van der Waals surface area contributed by atoms with Crippen LogP contribution in [0.4, 0.5) is 0 Å². The van der Waals surface area contributed by atoms with Crippen molar-refractivity contribution in [2.24, 2.45) is 0 Å². The molecule has 3 atom stereocenters. The zero-order valence-electron chi connectivity index (χ0n) is 28.0. The van der Waals surface area contributed by atoms with Crippen LogP contribution in [0.15, 0.2) is 36.4 Å². The van der Waals surface area contributed by atoms with E-state index in [0.717, 1.165) is 53.4 Å². The summed E-state index contributed by atoms with van der Waals surface area (Å²) >= 11 is 0. The first kappa shape index (κ1) is 33.5. The molecule has 7 rings (SSSR count). The van der Waals surface area contributed by atoms with Crippen LogP contribution in [0.5, 0.6) is 5.75 Å². The second-order valence-electron chi connectivity index (χ2n) is 14.0. The van der Waals surface area contributed by atoms with E-state index in [9.17, 15) is 21.6 Å². The molecule has 2 unspecified atom stereocenters. The smallest absolute Gasteiger partial charge is 0.264 e. The number of sulfonamides is 2. The van der Waals surface area contributed by atoms with Crippen molar-refractivity contribution in [1.29, 1.82) is 0 Å². The Hall–Kier alpha value is -2.97. The standard InChI is InChI=1S/C35H45N3O8S2/c1-22(2)47(40,41)36-34(39)24-10-12-28-31(16-24)38-21-35(48(42,43)37-14-15-46-26(19-37)20-44-3)18-30(35)29-17-25(45-4)11-13-27(29)33(38)32(28)23-8-6-5-7-9-23/h10-13,16-17,22-23,26,30H,5-9,14-15,18-21H2,1-4H3,(H,36,39)/t26-,30?,35?/m0/s1. The van der Waals surface area contributed by atoms with Crippen LogP contribution in [0.1, 0.15) is 85.7 Å². The van der Waals surface area contributed by atoms with Gasteiger partial charge in [0.05, 0.1) is 37.4 Å². The van der Waals surface area contributed by atoms with Crippen molar-refractivity contribution in [2.45, 2.75) is 86.9 Å². The average Bonchev–Trinajstić information content (AvgIpc) is 3.76. The van der Waals surface area contributed by atoms with E-state index in [0.29, 0.717) is 25.4 Å². The number of hydrogen-bond acceptors (Lipinski definition) is 8.